The van der Waals surface area contributed by atoms with E-state index in [4.69, 9.17) is 10.00 Å². The monoisotopic (exact) mass is 279 g/mol. The molecule has 2 rings (SSSR count). The Hall–Kier alpha value is -3.06. The van der Waals surface area contributed by atoms with Crippen molar-refractivity contribution in [3.63, 3.8) is 0 Å². The van der Waals surface area contributed by atoms with Gasteiger partial charge in [0.2, 0.25) is 0 Å². The van der Waals surface area contributed by atoms with Gasteiger partial charge in [-0.25, -0.2) is 0 Å². The molecule has 0 fully saturated rings. The molecule has 0 aliphatic carbocycles. The highest BCUT2D eigenvalue weighted by molar-refractivity contribution is 6.07. The van der Waals surface area contributed by atoms with Crippen molar-refractivity contribution >= 4 is 11.9 Å². The molecule has 0 spiro atoms. The molecular formula is C17H13NO3. The smallest absolute Gasteiger partial charge is 0.185 e. The molecule has 0 saturated carbocycles. The number of carbonyl (C=O) groups is 1. The Morgan fingerprint density at radius 2 is 2.10 bits per heavy atom. The highest BCUT2D eigenvalue weighted by Crippen LogP contribution is 2.26. The maximum Gasteiger partial charge on any atom is 0.185 e. The van der Waals surface area contributed by atoms with Crippen LogP contribution in [0.3, 0.4) is 0 Å². The van der Waals surface area contributed by atoms with Gasteiger partial charge in [-0.1, -0.05) is 24.3 Å². The molecule has 0 unspecified atom stereocenters. The summed E-state index contributed by atoms with van der Waals surface area (Å²) >= 11 is 0. The number of ketones is 1. The van der Waals surface area contributed by atoms with Crippen molar-refractivity contribution in [3.05, 3.63) is 65.2 Å². The van der Waals surface area contributed by atoms with Crippen molar-refractivity contribution in [2.24, 2.45) is 0 Å². The van der Waals surface area contributed by atoms with E-state index in [1.165, 1.54) is 19.3 Å². The Morgan fingerprint density at radius 3 is 2.81 bits per heavy atom. The maximum atomic E-state index is 12.0. The summed E-state index contributed by atoms with van der Waals surface area (Å²) < 4.78 is 5.00. The number of benzene rings is 2. The third-order valence-corrected chi connectivity index (χ3v) is 2.91. The van der Waals surface area contributed by atoms with Crippen molar-refractivity contribution in [1.29, 1.82) is 5.26 Å². The molecule has 4 nitrogen and oxygen atoms in total. The SMILES string of the molecule is COc1cc(C=CC(=O)c2cccc(C#N)c2)ccc1O. The van der Waals surface area contributed by atoms with Crippen LogP contribution < -0.4 is 4.74 Å². The van der Waals surface area contributed by atoms with Crippen LogP contribution in [0.1, 0.15) is 21.5 Å². The normalized spacial score (nSPS) is 10.3. The van der Waals surface area contributed by atoms with Crippen LogP contribution in [0.5, 0.6) is 11.5 Å². The first-order valence-corrected chi connectivity index (χ1v) is 6.23. The Balaban J connectivity index is 2.20. The first-order valence-electron chi connectivity index (χ1n) is 6.23. The topological polar surface area (TPSA) is 70.3 Å². The molecule has 104 valence electrons. The number of carbonyl (C=O) groups excluding carboxylic acids is 1. The molecule has 0 heterocycles. The number of phenolic OH excluding ortho intramolecular Hbond substituents is 1. The van der Waals surface area contributed by atoms with Gasteiger partial charge in [0.15, 0.2) is 17.3 Å². The second-order valence-electron chi connectivity index (χ2n) is 4.32. The first-order chi connectivity index (χ1) is 10.1. The number of hydrogen-bond acceptors (Lipinski definition) is 4. The largest absolute Gasteiger partial charge is 0.504 e. The summed E-state index contributed by atoms with van der Waals surface area (Å²) in [6.45, 7) is 0. The predicted octanol–water partition coefficient (Wildman–Crippen LogP) is 3.17. The minimum absolute atomic E-state index is 0.0442. The number of aromatic hydroxyl groups is 1. The van der Waals surface area contributed by atoms with Gasteiger partial charge in [0.25, 0.3) is 0 Å². The van der Waals surface area contributed by atoms with Gasteiger partial charge in [0.1, 0.15) is 0 Å². The zero-order valence-electron chi connectivity index (χ0n) is 11.4. The van der Waals surface area contributed by atoms with Crippen LogP contribution in [0.2, 0.25) is 0 Å². The molecule has 0 aliphatic heterocycles. The van der Waals surface area contributed by atoms with E-state index in [-0.39, 0.29) is 11.5 Å². The summed E-state index contributed by atoms with van der Waals surface area (Å²) in [5.41, 5.74) is 1.63. The molecule has 0 amide bonds. The van der Waals surface area contributed by atoms with Gasteiger partial charge in [-0.05, 0) is 35.9 Å². The van der Waals surface area contributed by atoms with Crippen LogP contribution in [0.15, 0.2) is 48.5 Å². The Kier molecular flexibility index (Phi) is 4.37. The molecule has 0 aromatic heterocycles. The molecule has 0 atom stereocenters. The van der Waals surface area contributed by atoms with E-state index in [0.29, 0.717) is 16.9 Å². The average molecular weight is 279 g/mol. The van der Waals surface area contributed by atoms with E-state index < -0.39 is 0 Å². The Labute approximate surface area is 122 Å². The van der Waals surface area contributed by atoms with E-state index >= 15 is 0 Å². The van der Waals surface area contributed by atoms with Gasteiger partial charge in [0, 0.05) is 5.56 Å². The number of ether oxygens (including phenoxy) is 1. The highest BCUT2D eigenvalue weighted by Gasteiger charge is 2.04. The number of rotatable bonds is 4. The zero-order chi connectivity index (χ0) is 15.2. The highest BCUT2D eigenvalue weighted by atomic mass is 16.5. The summed E-state index contributed by atoms with van der Waals surface area (Å²) in [7, 11) is 1.46. The molecule has 0 saturated heterocycles. The minimum Gasteiger partial charge on any atom is -0.504 e. The lowest BCUT2D eigenvalue weighted by Gasteiger charge is -2.03. The van der Waals surface area contributed by atoms with E-state index in [0.717, 1.165) is 5.56 Å². The molecule has 1 N–H and O–H groups in total. The van der Waals surface area contributed by atoms with Crippen LogP contribution in [0, 0.1) is 11.3 Å². The predicted molar refractivity (Wildman–Crippen MR) is 79.2 cm³/mol. The first kappa shape index (κ1) is 14.4. The summed E-state index contributed by atoms with van der Waals surface area (Å²) in [4.78, 5) is 12.0. The Bertz CT molecular complexity index is 742. The molecular weight excluding hydrogens is 266 g/mol. The fourth-order valence-corrected chi connectivity index (χ4v) is 1.81. The molecule has 21 heavy (non-hydrogen) atoms. The van der Waals surface area contributed by atoms with Gasteiger partial charge in [0.05, 0.1) is 18.7 Å². The molecule has 0 bridgehead atoms. The fourth-order valence-electron chi connectivity index (χ4n) is 1.81. The molecule has 2 aromatic carbocycles. The number of allylic oxidation sites excluding steroid dienone is 1. The minimum atomic E-state index is -0.195. The number of methoxy groups -OCH3 is 1. The van der Waals surface area contributed by atoms with Crippen molar-refractivity contribution in [1.82, 2.24) is 0 Å². The second-order valence-corrected chi connectivity index (χ2v) is 4.32. The van der Waals surface area contributed by atoms with Gasteiger partial charge < -0.3 is 9.84 Å². The lowest BCUT2D eigenvalue weighted by molar-refractivity contribution is 0.104. The second kappa shape index (κ2) is 6.40. The summed E-state index contributed by atoms with van der Waals surface area (Å²) in [5.74, 6) is 0.193. The van der Waals surface area contributed by atoms with Crippen LogP contribution >= 0.6 is 0 Å². The lowest BCUT2D eigenvalue weighted by atomic mass is 10.1. The number of phenols is 1. The van der Waals surface area contributed by atoms with Crippen molar-refractivity contribution in [2.75, 3.05) is 7.11 Å². The van der Waals surface area contributed by atoms with Gasteiger partial charge >= 0.3 is 0 Å². The third kappa shape index (κ3) is 3.48. The van der Waals surface area contributed by atoms with Gasteiger partial charge in [-0.3, -0.25) is 4.79 Å². The fraction of sp³-hybridized carbons (Fsp3) is 0.0588. The maximum absolute atomic E-state index is 12.0. The van der Waals surface area contributed by atoms with Crippen molar-refractivity contribution in [2.45, 2.75) is 0 Å². The zero-order valence-corrected chi connectivity index (χ0v) is 11.4. The Morgan fingerprint density at radius 1 is 1.29 bits per heavy atom. The summed E-state index contributed by atoms with van der Waals surface area (Å²) in [5, 5.41) is 18.3. The third-order valence-electron chi connectivity index (χ3n) is 2.91. The molecule has 2 aromatic rings. The summed E-state index contributed by atoms with van der Waals surface area (Å²) in [6.07, 6.45) is 3.05. The van der Waals surface area contributed by atoms with E-state index in [9.17, 15) is 9.90 Å². The van der Waals surface area contributed by atoms with Crippen molar-refractivity contribution in [3.8, 4) is 17.6 Å². The van der Waals surface area contributed by atoms with Crippen molar-refractivity contribution < 1.29 is 14.6 Å². The van der Waals surface area contributed by atoms with E-state index in [1.807, 2.05) is 6.07 Å². The van der Waals surface area contributed by atoms with Gasteiger partial charge in [-0.2, -0.15) is 5.26 Å². The van der Waals surface area contributed by atoms with Gasteiger partial charge in [-0.15, -0.1) is 0 Å². The molecule has 0 aliphatic rings. The standard InChI is InChI=1S/C17H13NO3/c1-21-17-10-12(6-8-16(17)20)5-7-15(19)14-4-2-3-13(9-14)11-18/h2-10,20H,1H3. The van der Waals surface area contributed by atoms with E-state index in [2.05, 4.69) is 0 Å². The average Bonchev–Trinajstić information content (AvgIpc) is 2.53. The quantitative estimate of drug-likeness (QED) is 0.689. The lowest BCUT2D eigenvalue weighted by Crippen LogP contribution is -1.94. The van der Waals surface area contributed by atoms with Crippen LogP contribution in [-0.2, 0) is 0 Å². The molecule has 4 heteroatoms. The van der Waals surface area contributed by atoms with Crippen LogP contribution in [0.4, 0.5) is 0 Å². The number of nitrogens with zero attached hydrogens (tertiary/aromatic N) is 1. The van der Waals surface area contributed by atoms with Crippen LogP contribution in [-0.4, -0.2) is 18.0 Å². The molecule has 0 radical (unpaired) electrons. The summed E-state index contributed by atoms with van der Waals surface area (Å²) in [6, 6.07) is 13.3. The van der Waals surface area contributed by atoms with Crippen LogP contribution in [0.25, 0.3) is 6.08 Å². The number of hydrogen-bond donors (Lipinski definition) is 1. The number of nitriles is 1. The van der Waals surface area contributed by atoms with E-state index in [1.54, 1.807) is 42.5 Å².